The van der Waals surface area contributed by atoms with Crippen LogP contribution in [0.2, 0.25) is 0 Å². The van der Waals surface area contributed by atoms with Gasteiger partial charge in [0, 0.05) is 49.3 Å². The van der Waals surface area contributed by atoms with Crippen LogP contribution in [0.5, 0.6) is 0 Å². The van der Waals surface area contributed by atoms with E-state index in [-0.39, 0.29) is 11.6 Å². The summed E-state index contributed by atoms with van der Waals surface area (Å²) in [4.78, 5) is 51.9. The van der Waals surface area contributed by atoms with E-state index in [1.165, 1.54) is 11.1 Å². The van der Waals surface area contributed by atoms with Crippen LogP contribution in [0.25, 0.3) is 5.57 Å². The fourth-order valence-corrected chi connectivity index (χ4v) is 5.86. The number of hydrogen-bond donors (Lipinski definition) is 1. The summed E-state index contributed by atoms with van der Waals surface area (Å²) < 4.78 is 0. The summed E-state index contributed by atoms with van der Waals surface area (Å²) in [6.45, 7) is 2.49. The van der Waals surface area contributed by atoms with Gasteiger partial charge < -0.3 is 4.90 Å². The first-order valence-corrected chi connectivity index (χ1v) is 13.8. The second-order valence-corrected chi connectivity index (χ2v) is 10.8. The van der Waals surface area contributed by atoms with Crippen LogP contribution in [0.1, 0.15) is 45.6 Å². The molecule has 0 aliphatic carbocycles. The molecule has 1 saturated heterocycles. The van der Waals surface area contributed by atoms with E-state index in [1.54, 1.807) is 11.0 Å². The summed E-state index contributed by atoms with van der Waals surface area (Å²) in [7, 11) is 1.91. The first kappa shape index (κ1) is 25.9. The lowest BCUT2D eigenvalue weighted by Gasteiger charge is -2.33. The molecular weight excluding hydrogens is 502 g/mol. The number of aryl methyl sites for hydroxylation is 1. The van der Waals surface area contributed by atoms with E-state index in [0.29, 0.717) is 55.2 Å². The van der Waals surface area contributed by atoms with E-state index in [1.807, 2.05) is 29.8 Å². The van der Waals surface area contributed by atoms with Crippen molar-refractivity contribution in [3.63, 3.8) is 0 Å². The number of nitrogens with zero attached hydrogens (tertiary/aromatic N) is 6. The number of piperazine rings is 1. The molecule has 196 valence electrons. The molecule has 0 unspecified atom stereocenters. The highest BCUT2D eigenvalue weighted by Crippen LogP contribution is 2.31. The van der Waals surface area contributed by atoms with Gasteiger partial charge in [-0.1, -0.05) is 6.08 Å². The Morgan fingerprint density at radius 1 is 1.26 bits per heavy atom. The number of nitriles is 1. The second-order valence-electron chi connectivity index (χ2n) is 9.65. The minimum absolute atomic E-state index is 0.0198. The molecule has 10 nitrogen and oxygen atoms in total. The third-order valence-electron chi connectivity index (χ3n) is 7.07. The number of thioether (sulfide) groups is 1. The molecule has 0 saturated carbocycles. The predicted octanol–water partition coefficient (Wildman–Crippen LogP) is 2.94. The zero-order valence-corrected chi connectivity index (χ0v) is 22.1. The predicted molar refractivity (Wildman–Crippen MR) is 146 cm³/mol. The van der Waals surface area contributed by atoms with Crippen molar-refractivity contribution in [3.05, 3.63) is 52.4 Å². The molecule has 3 aliphatic heterocycles. The first-order chi connectivity index (χ1) is 18.5. The van der Waals surface area contributed by atoms with Crippen LogP contribution in [0.3, 0.4) is 0 Å². The van der Waals surface area contributed by atoms with E-state index in [9.17, 15) is 19.6 Å². The molecule has 0 atom stereocenters. The molecule has 2 aromatic heterocycles. The normalized spacial score (nSPS) is 17.9. The highest BCUT2D eigenvalue weighted by atomic mass is 32.2. The molecule has 11 heteroatoms. The molecule has 5 rings (SSSR count). The van der Waals surface area contributed by atoms with Crippen molar-refractivity contribution in [1.29, 1.82) is 5.26 Å². The summed E-state index contributed by atoms with van der Waals surface area (Å²) in [6.07, 6.45) is 6.62. The lowest BCUT2D eigenvalue weighted by Crippen LogP contribution is -2.48. The third-order valence-corrected chi connectivity index (χ3v) is 7.97. The van der Waals surface area contributed by atoms with Gasteiger partial charge in [0.1, 0.15) is 23.4 Å². The van der Waals surface area contributed by atoms with Crippen molar-refractivity contribution in [1.82, 2.24) is 19.8 Å². The van der Waals surface area contributed by atoms with Crippen molar-refractivity contribution in [2.45, 2.75) is 25.8 Å². The van der Waals surface area contributed by atoms with E-state index in [4.69, 9.17) is 0 Å². The van der Waals surface area contributed by atoms with Crippen LogP contribution < -0.4 is 10.2 Å². The monoisotopic (exact) mass is 531 g/mol. The average molecular weight is 532 g/mol. The van der Waals surface area contributed by atoms with Gasteiger partial charge in [0.25, 0.3) is 0 Å². The van der Waals surface area contributed by atoms with E-state index in [0.717, 1.165) is 54.0 Å². The number of rotatable bonds is 5. The Morgan fingerprint density at radius 2 is 2.13 bits per heavy atom. The molecule has 0 radical (unpaired) electrons. The maximum absolute atomic E-state index is 13.4. The number of nitrogens with one attached hydrogen (secondary N) is 1. The summed E-state index contributed by atoms with van der Waals surface area (Å²) in [6, 6.07) is 5.46. The van der Waals surface area contributed by atoms with Crippen LogP contribution in [0.15, 0.2) is 24.4 Å². The molecular formula is C27H29N7O3S. The van der Waals surface area contributed by atoms with E-state index >= 15 is 0 Å². The van der Waals surface area contributed by atoms with Gasteiger partial charge in [0.15, 0.2) is 6.29 Å². The van der Waals surface area contributed by atoms with Crippen LogP contribution >= 0.6 is 11.8 Å². The summed E-state index contributed by atoms with van der Waals surface area (Å²) in [5.41, 5.74) is 4.15. The molecule has 0 spiro atoms. The fourth-order valence-electron chi connectivity index (χ4n) is 5.01. The highest BCUT2D eigenvalue weighted by molar-refractivity contribution is 7.99. The number of pyridine rings is 2. The number of urea groups is 1. The average Bonchev–Trinajstić information content (AvgIpc) is 2.94. The minimum atomic E-state index is -0.395. The lowest BCUT2D eigenvalue weighted by molar-refractivity contribution is -0.136. The van der Waals surface area contributed by atoms with E-state index < -0.39 is 6.03 Å². The quantitative estimate of drug-likeness (QED) is 0.585. The second kappa shape index (κ2) is 11.3. The van der Waals surface area contributed by atoms with Gasteiger partial charge in [-0.15, -0.1) is 0 Å². The number of aldehydes is 1. The van der Waals surface area contributed by atoms with Crippen molar-refractivity contribution >= 4 is 47.2 Å². The highest BCUT2D eigenvalue weighted by Gasteiger charge is 2.28. The molecule has 38 heavy (non-hydrogen) atoms. The maximum Gasteiger partial charge on any atom is 0.328 e. The Hall–Kier alpha value is -3.75. The number of fused-ring (bicyclic) bond motifs is 1. The molecule has 1 N–H and O–H groups in total. The van der Waals surface area contributed by atoms with Crippen molar-refractivity contribution in [2.24, 2.45) is 0 Å². The van der Waals surface area contributed by atoms with Gasteiger partial charge in [-0.25, -0.2) is 14.8 Å². The summed E-state index contributed by atoms with van der Waals surface area (Å²) >= 11 is 1.84. The topological polar surface area (TPSA) is 123 Å². The summed E-state index contributed by atoms with van der Waals surface area (Å²) in [5, 5.41) is 12.4. The third kappa shape index (κ3) is 5.42. The van der Waals surface area contributed by atoms with Gasteiger partial charge in [0.2, 0.25) is 5.91 Å². The maximum atomic E-state index is 13.4. The molecule has 0 bridgehead atoms. The van der Waals surface area contributed by atoms with Crippen molar-refractivity contribution < 1.29 is 14.4 Å². The van der Waals surface area contributed by atoms with Crippen molar-refractivity contribution in [2.75, 3.05) is 54.9 Å². The molecule has 3 amide bonds. The number of carbonyl (C=O) groups excluding carboxylic acids is 3. The largest absolute Gasteiger partial charge is 0.336 e. The number of likely N-dealkylation sites (N-methyl/N-ethyl adjacent to an activating group) is 1. The van der Waals surface area contributed by atoms with Gasteiger partial charge in [-0.3, -0.25) is 24.7 Å². The van der Waals surface area contributed by atoms with Gasteiger partial charge in [0.05, 0.1) is 12.1 Å². The number of carbonyl (C=O) groups is 3. The molecule has 5 heterocycles. The van der Waals surface area contributed by atoms with Crippen molar-refractivity contribution in [3.8, 4) is 6.07 Å². The Bertz CT molecular complexity index is 1350. The first-order valence-electron chi connectivity index (χ1n) is 12.7. The standard InChI is InChI=1S/C27H29N7O3S/c1-32-7-8-33(25(36)16-32)15-20-11-19-3-2-6-34(26(19)30-23(20)17-35)27(37)31-24-12-22(21(13-28)14-29-24)18-4-9-38-10-5-18/h4,11-12,14,17H,2-3,5-10,15-16H2,1H3,(H,29,31,37). The smallest absolute Gasteiger partial charge is 0.328 e. The summed E-state index contributed by atoms with van der Waals surface area (Å²) in [5.74, 6) is 2.71. The van der Waals surface area contributed by atoms with Crippen LogP contribution in [0.4, 0.5) is 16.4 Å². The minimum Gasteiger partial charge on any atom is -0.336 e. The molecule has 1 fully saturated rings. The SMILES string of the molecule is CN1CCN(Cc2cc3c(nc2C=O)N(C(=O)Nc2cc(C4=CCSCC4)c(C#N)cn2)CCC3)C(=O)C1. The van der Waals surface area contributed by atoms with Crippen LogP contribution in [-0.4, -0.2) is 82.7 Å². The number of aromatic nitrogens is 2. The Kier molecular flexibility index (Phi) is 7.72. The number of amides is 3. The molecule has 2 aromatic rings. The van der Waals surface area contributed by atoms with Gasteiger partial charge in [-0.2, -0.15) is 17.0 Å². The Morgan fingerprint density at radius 3 is 2.87 bits per heavy atom. The zero-order chi connectivity index (χ0) is 26.6. The lowest BCUT2D eigenvalue weighted by atomic mass is 9.99. The van der Waals surface area contributed by atoms with Crippen LogP contribution in [0, 0.1) is 11.3 Å². The molecule has 3 aliphatic rings. The fraction of sp³-hybridized carbons (Fsp3) is 0.407. The number of hydrogen-bond acceptors (Lipinski definition) is 8. The number of anilines is 2. The number of allylic oxidation sites excluding steroid dienone is 1. The van der Waals surface area contributed by atoms with Gasteiger partial charge in [-0.05, 0) is 55.3 Å². The Balaban J connectivity index is 1.38. The van der Waals surface area contributed by atoms with Gasteiger partial charge >= 0.3 is 6.03 Å². The van der Waals surface area contributed by atoms with Crippen LogP contribution in [-0.2, 0) is 17.8 Å². The molecule has 0 aromatic carbocycles. The Labute approximate surface area is 225 Å². The zero-order valence-electron chi connectivity index (χ0n) is 21.3. The van der Waals surface area contributed by atoms with E-state index in [2.05, 4.69) is 27.4 Å².